The number of hydrogen-bond donors (Lipinski definition) is 2. The molecule has 2 aromatic carbocycles. The molecule has 0 unspecified atom stereocenters. The zero-order chi connectivity index (χ0) is 21.8. The van der Waals surface area contributed by atoms with Crippen molar-refractivity contribution in [2.75, 3.05) is 21.3 Å². The van der Waals surface area contributed by atoms with Crippen molar-refractivity contribution in [1.29, 1.82) is 0 Å². The molecule has 0 aromatic heterocycles. The molecule has 0 spiro atoms. The number of methoxy groups -OCH3 is 3. The third kappa shape index (κ3) is 4.34. The molecular weight excluding hydrogens is 428 g/mol. The first-order valence-corrected chi connectivity index (χ1v) is 9.78. The Bertz CT molecular complexity index is 1030. The van der Waals surface area contributed by atoms with Crippen LogP contribution in [0.3, 0.4) is 0 Å². The molecular formula is C20H18N2O6S2. The van der Waals surface area contributed by atoms with Gasteiger partial charge in [0.1, 0.15) is 5.75 Å². The topological polar surface area (TPSA) is 97.3 Å². The summed E-state index contributed by atoms with van der Waals surface area (Å²) >= 11 is 6.28. The number of amides is 2. The van der Waals surface area contributed by atoms with E-state index in [2.05, 4.69) is 5.43 Å². The van der Waals surface area contributed by atoms with Gasteiger partial charge in [-0.15, -0.1) is 0 Å². The Kier molecular flexibility index (Phi) is 6.48. The molecule has 2 aromatic rings. The number of aromatic hydroxyl groups is 1. The first kappa shape index (κ1) is 21.5. The smallest absolute Gasteiger partial charge is 0.285 e. The number of rotatable bonds is 6. The second-order valence-electron chi connectivity index (χ2n) is 5.97. The maximum absolute atomic E-state index is 12.8. The van der Waals surface area contributed by atoms with Gasteiger partial charge in [-0.05, 0) is 54.2 Å². The van der Waals surface area contributed by atoms with Crippen LogP contribution in [0.15, 0.2) is 41.3 Å². The number of phenols is 1. The Morgan fingerprint density at radius 1 is 1.13 bits per heavy atom. The predicted molar refractivity (Wildman–Crippen MR) is 117 cm³/mol. The molecule has 156 valence electrons. The van der Waals surface area contributed by atoms with E-state index in [0.29, 0.717) is 27.7 Å². The number of hydrogen-bond acceptors (Lipinski definition) is 8. The maximum Gasteiger partial charge on any atom is 0.285 e. The second-order valence-corrected chi connectivity index (χ2v) is 7.64. The van der Waals surface area contributed by atoms with Gasteiger partial charge in [0.2, 0.25) is 5.75 Å². The van der Waals surface area contributed by atoms with Crippen LogP contribution in [-0.4, -0.2) is 47.6 Å². The van der Waals surface area contributed by atoms with Crippen molar-refractivity contribution in [3.8, 4) is 23.0 Å². The average Bonchev–Trinajstić information content (AvgIpc) is 3.00. The minimum Gasteiger partial charge on any atom is -0.508 e. The molecule has 1 saturated heterocycles. The van der Waals surface area contributed by atoms with Crippen molar-refractivity contribution in [1.82, 2.24) is 10.4 Å². The molecule has 0 bridgehead atoms. The Hall–Kier alpha value is -3.24. The Labute approximate surface area is 182 Å². The van der Waals surface area contributed by atoms with E-state index in [-0.39, 0.29) is 15.6 Å². The van der Waals surface area contributed by atoms with Crippen LogP contribution in [0.4, 0.5) is 0 Å². The number of benzene rings is 2. The fourth-order valence-electron chi connectivity index (χ4n) is 2.71. The van der Waals surface area contributed by atoms with Crippen LogP contribution in [0, 0.1) is 0 Å². The number of nitrogens with one attached hydrogen (secondary N) is 1. The van der Waals surface area contributed by atoms with Crippen molar-refractivity contribution in [3.05, 3.63) is 52.4 Å². The molecule has 0 aliphatic carbocycles. The summed E-state index contributed by atoms with van der Waals surface area (Å²) in [5.41, 5.74) is 3.28. The van der Waals surface area contributed by atoms with E-state index in [0.717, 1.165) is 16.8 Å². The maximum atomic E-state index is 12.8. The lowest BCUT2D eigenvalue weighted by Gasteiger charge is -2.15. The van der Waals surface area contributed by atoms with Gasteiger partial charge in [0, 0.05) is 5.56 Å². The van der Waals surface area contributed by atoms with E-state index in [1.807, 2.05) is 0 Å². The zero-order valence-electron chi connectivity index (χ0n) is 16.3. The molecule has 0 saturated carbocycles. The second kappa shape index (κ2) is 9.06. The summed E-state index contributed by atoms with van der Waals surface area (Å²) in [6.45, 7) is 0. The van der Waals surface area contributed by atoms with Crippen LogP contribution in [0.25, 0.3) is 6.08 Å². The summed E-state index contributed by atoms with van der Waals surface area (Å²) in [5, 5.41) is 10.5. The van der Waals surface area contributed by atoms with Crippen LogP contribution in [-0.2, 0) is 4.79 Å². The van der Waals surface area contributed by atoms with Gasteiger partial charge in [0.05, 0.1) is 26.2 Å². The highest BCUT2D eigenvalue weighted by molar-refractivity contribution is 8.26. The number of carbonyl (C=O) groups excluding carboxylic acids is 2. The molecule has 0 atom stereocenters. The standard InChI is InChI=1S/C20H18N2O6S2/c1-26-14-7-11(8-15(27-2)17(14)28-3)9-16-19(25)22(20(29)30-16)21-18(24)12-5-4-6-13(23)10-12/h4-10,23H,1-3H3,(H,21,24)/b16-9+. The molecule has 1 aliphatic rings. The van der Waals surface area contributed by atoms with Gasteiger partial charge in [-0.2, -0.15) is 5.01 Å². The Morgan fingerprint density at radius 2 is 1.80 bits per heavy atom. The van der Waals surface area contributed by atoms with Gasteiger partial charge in [0.15, 0.2) is 15.8 Å². The first-order chi connectivity index (χ1) is 14.4. The molecule has 1 heterocycles. The fraction of sp³-hybridized carbons (Fsp3) is 0.150. The summed E-state index contributed by atoms with van der Waals surface area (Å²) in [6.07, 6.45) is 1.62. The van der Waals surface area contributed by atoms with E-state index in [1.165, 1.54) is 45.6 Å². The number of hydrazine groups is 1. The third-order valence-electron chi connectivity index (χ3n) is 4.10. The monoisotopic (exact) mass is 446 g/mol. The van der Waals surface area contributed by atoms with Gasteiger partial charge in [-0.3, -0.25) is 15.0 Å². The van der Waals surface area contributed by atoms with Crippen LogP contribution >= 0.6 is 24.0 Å². The van der Waals surface area contributed by atoms with E-state index in [9.17, 15) is 14.7 Å². The largest absolute Gasteiger partial charge is 0.508 e. The van der Waals surface area contributed by atoms with Crippen molar-refractivity contribution in [3.63, 3.8) is 0 Å². The fourth-order valence-corrected chi connectivity index (χ4v) is 3.89. The highest BCUT2D eigenvalue weighted by Crippen LogP contribution is 2.40. The summed E-state index contributed by atoms with van der Waals surface area (Å²) in [7, 11) is 4.50. The molecule has 3 rings (SSSR count). The molecule has 1 fully saturated rings. The normalized spacial score (nSPS) is 14.8. The highest BCUT2D eigenvalue weighted by Gasteiger charge is 2.34. The summed E-state index contributed by atoms with van der Waals surface area (Å²) in [6, 6.07) is 9.16. The van der Waals surface area contributed by atoms with Gasteiger partial charge < -0.3 is 19.3 Å². The Balaban J connectivity index is 1.85. The number of carbonyl (C=O) groups is 2. The minimum atomic E-state index is -0.573. The summed E-state index contributed by atoms with van der Waals surface area (Å²) in [5.74, 6) is 0.202. The number of thiocarbonyl (C=S) groups is 1. The molecule has 2 N–H and O–H groups in total. The molecule has 2 amide bonds. The van der Waals surface area contributed by atoms with E-state index in [1.54, 1.807) is 18.2 Å². The summed E-state index contributed by atoms with van der Waals surface area (Å²) < 4.78 is 16.1. The van der Waals surface area contributed by atoms with Crippen LogP contribution in [0.2, 0.25) is 0 Å². The molecule has 8 nitrogen and oxygen atoms in total. The lowest BCUT2D eigenvalue weighted by Crippen LogP contribution is -2.44. The lowest BCUT2D eigenvalue weighted by molar-refractivity contribution is -0.123. The zero-order valence-corrected chi connectivity index (χ0v) is 17.9. The predicted octanol–water partition coefficient (Wildman–Crippen LogP) is 2.96. The van der Waals surface area contributed by atoms with Crippen LogP contribution in [0.5, 0.6) is 23.0 Å². The van der Waals surface area contributed by atoms with E-state index < -0.39 is 11.8 Å². The molecule has 10 heteroatoms. The average molecular weight is 447 g/mol. The quantitative estimate of drug-likeness (QED) is 0.516. The van der Waals surface area contributed by atoms with Crippen LogP contribution < -0.4 is 19.6 Å². The van der Waals surface area contributed by atoms with E-state index >= 15 is 0 Å². The Morgan fingerprint density at radius 3 is 2.37 bits per heavy atom. The van der Waals surface area contributed by atoms with Crippen molar-refractivity contribution in [2.45, 2.75) is 0 Å². The van der Waals surface area contributed by atoms with Gasteiger partial charge in [0.25, 0.3) is 11.8 Å². The number of phenolic OH excluding ortho intramolecular Hbond substituents is 1. The SMILES string of the molecule is COc1cc(/C=C2/SC(=S)N(NC(=O)c3cccc(O)c3)C2=O)cc(OC)c1OC. The van der Waals surface area contributed by atoms with E-state index in [4.69, 9.17) is 26.4 Å². The lowest BCUT2D eigenvalue weighted by atomic mass is 10.1. The van der Waals surface area contributed by atoms with Crippen molar-refractivity contribution in [2.24, 2.45) is 0 Å². The number of nitrogens with zero attached hydrogens (tertiary/aromatic N) is 1. The highest BCUT2D eigenvalue weighted by atomic mass is 32.2. The number of ether oxygens (including phenoxy) is 3. The number of thioether (sulfide) groups is 1. The van der Waals surface area contributed by atoms with Crippen molar-refractivity contribution >= 4 is 46.2 Å². The van der Waals surface area contributed by atoms with Crippen LogP contribution in [0.1, 0.15) is 15.9 Å². The summed E-state index contributed by atoms with van der Waals surface area (Å²) in [4.78, 5) is 25.5. The van der Waals surface area contributed by atoms with Gasteiger partial charge in [-0.1, -0.05) is 17.8 Å². The molecule has 30 heavy (non-hydrogen) atoms. The minimum absolute atomic E-state index is 0.0599. The molecule has 1 aliphatic heterocycles. The van der Waals surface area contributed by atoms with Crippen molar-refractivity contribution < 1.29 is 28.9 Å². The van der Waals surface area contributed by atoms with Gasteiger partial charge in [-0.25, -0.2) is 0 Å². The molecule has 0 radical (unpaired) electrons. The third-order valence-corrected chi connectivity index (χ3v) is 5.40. The van der Waals surface area contributed by atoms with Gasteiger partial charge >= 0.3 is 0 Å². The first-order valence-electron chi connectivity index (χ1n) is 8.56.